The van der Waals surface area contributed by atoms with Crippen LogP contribution in [0.4, 0.5) is 0 Å². The van der Waals surface area contributed by atoms with Gasteiger partial charge >= 0.3 is 11.9 Å². The van der Waals surface area contributed by atoms with Crippen molar-refractivity contribution < 1.29 is 42.9 Å². The highest BCUT2D eigenvalue weighted by Gasteiger charge is 2.22. The van der Waals surface area contributed by atoms with E-state index in [0.29, 0.717) is 17.4 Å². The lowest BCUT2D eigenvalue weighted by Crippen LogP contribution is -2.44. The molecule has 9 heteroatoms. The Hall–Kier alpha value is -4.31. The summed E-state index contributed by atoms with van der Waals surface area (Å²) in [5.74, 6) is -2.28. The molecule has 0 saturated carbocycles. The predicted octanol–water partition coefficient (Wildman–Crippen LogP) is 22.6. The minimum Gasteiger partial charge on any atom is -0.545 e. The van der Waals surface area contributed by atoms with Gasteiger partial charge in [0.1, 0.15) is 13.2 Å². The van der Waals surface area contributed by atoms with Crippen molar-refractivity contribution in [1.82, 2.24) is 0 Å². The van der Waals surface area contributed by atoms with Crippen LogP contribution in [-0.2, 0) is 33.3 Å². The van der Waals surface area contributed by atoms with Crippen molar-refractivity contribution in [1.29, 1.82) is 0 Å². The standard InChI is InChI=1S/C82H141NO8/c1-6-8-10-12-14-16-18-20-22-24-26-28-30-32-33-34-35-36-37-38-39-40-41-42-43-44-45-46-47-49-51-53-55-57-59-61-63-65-67-69-71-73-80(85)91-78(77-90-82(81(86)87)88-75-74-83(3,4)5)76-89-79(84)72-70-68-66-64-62-60-58-56-54-52-50-48-31-29-27-25-23-21-19-17-15-13-11-9-7-2/h8,10,14,16,19-22,25-28,31-33,35-36,38-39,48,78,82H,6-7,9,11-13,15,17-18,23-24,29-30,34,37,40-47,49-77H2,1-5H3/b10-8-,16-14-,21-19-,22-20-,27-25-,28-26-,33-32-,36-35-,39-38-,48-31-. The number of carbonyl (C=O) groups excluding carboxylic acids is 3. The molecule has 0 aromatic heterocycles. The molecule has 9 nitrogen and oxygen atoms in total. The molecular weight excluding hydrogens is 1130 g/mol. The van der Waals surface area contributed by atoms with Crippen molar-refractivity contribution >= 4 is 17.9 Å². The number of likely N-dealkylation sites (N-methyl/N-ethyl adjacent to an activating group) is 1. The first-order valence-electron chi connectivity index (χ1n) is 37.7. The van der Waals surface area contributed by atoms with E-state index in [-0.39, 0.29) is 38.6 Å². The van der Waals surface area contributed by atoms with Crippen LogP contribution in [0, 0.1) is 0 Å². The Morgan fingerprint density at radius 2 is 0.626 bits per heavy atom. The van der Waals surface area contributed by atoms with Crippen LogP contribution in [0.25, 0.3) is 0 Å². The molecule has 0 aliphatic rings. The number of carbonyl (C=O) groups is 3. The van der Waals surface area contributed by atoms with Gasteiger partial charge in [0.15, 0.2) is 12.4 Å². The van der Waals surface area contributed by atoms with Crippen molar-refractivity contribution in [3.05, 3.63) is 122 Å². The molecule has 2 unspecified atom stereocenters. The Kier molecular flexibility index (Phi) is 68.1. The molecule has 0 aliphatic carbocycles. The largest absolute Gasteiger partial charge is 0.545 e. The third-order valence-corrected chi connectivity index (χ3v) is 16.2. The number of hydrogen-bond acceptors (Lipinski definition) is 8. The number of quaternary nitrogens is 1. The predicted molar refractivity (Wildman–Crippen MR) is 389 cm³/mol. The number of ether oxygens (including phenoxy) is 4. The normalized spacial score (nSPS) is 13.4. The quantitative estimate of drug-likeness (QED) is 0.0195. The summed E-state index contributed by atoms with van der Waals surface area (Å²) in [4.78, 5) is 37.5. The van der Waals surface area contributed by atoms with Gasteiger partial charge in [0.25, 0.3) is 0 Å². The van der Waals surface area contributed by atoms with Crippen LogP contribution in [0.15, 0.2) is 122 Å². The summed E-state index contributed by atoms with van der Waals surface area (Å²) in [6.07, 6.45) is 98.7. The molecule has 0 rings (SSSR count). The molecule has 0 bridgehead atoms. The van der Waals surface area contributed by atoms with Crippen molar-refractivity contribution in [2.24, 2.45) is 0 Å². The number of esters is 2. The topological polar surface area (TPSA) is 111 Å². The SMILES string of the molecule is CC/C=C\C/C=C\C/C=C\C/C=C\C/C=C\C/C=C\C/C=C\CCCCCCCCCCCCCCCCCCCCCC(=O)OC(COC(=O)CCCCCCCCCCCC/C=C\C/C=C\C/C=C\CCCCCCC)COC(OCC[N+](C)(C)C)C(=O)[O-]. The van der Waals surface area contributed by atoms with E-state index < -0.39 is 24.3 Å². The van der Waals surface area contributed by atoms with Crippen molar-refractivity contribution in [2.45, 2.75) is 334 Å². The van der Waals surface area contributed by atoms with E-state index in [1.807, 2.05) is 21.1 Å². The smallest absolute Gasteiger partial charge is 0.306 e. The van der Waals surface area contributed by atoms with Crippen molar-refractivity contribution in [2.75, 3.05) is 47.5 Å². The zero-order chi connectivity index (χ0) is 66.1. The minimum absolute atomic E-state index is 0.144. The molecule has 0 fully saturated rings. The lowest BCUT2D eigenvalue weighted by Gasteiger charge is -2.26. The molecule has 0 aromatic rings. The summed E-state index contributed by atoms with van der Waals surface area (Å²) in [5.41, 5.74) is 0. The molecule has 91 heavy (non-hydrogen) atoms. The van der Waals surface area contributed by atoms with Gasteiger partial charge in [0.05, 0.1) is 40.3 Å². The first-order valence-corrected chi connectivity index (χ1v) is 37.7. The number of aliphatic carboxylic acids is 1. The third-order valence-electron chi connectivity index (χ3n) is 16.2. The monoisotopic (exact) mass is 1270 g/mol. The Morgan fingerprint density at radius 1 is 0.341 bits per heavy atom. The summed E-state index contributed by atoms with van der Waals surface area (Å²) in [5, 5.41) is 11.8. The summed E-state index contributed by atoms with van der Waals surface area (Å²) in [6.45, 7) is 4.64. The van der Waals surface area contributed by atoms with Crippen LogP contribution in [0.5, 0.6) is 0 Å². The van der Waals surface area contributed by atoms with E-state index in [1.165, 1.54) is 199 Å². The van der Waals surface area contributed by atoms with E-state index >= 15 is 0 Å². The highest BCUT2D eigenvalue weighted by Crippen LogP contribution is 2.18. The Morgan fingerprint density at radius 3 is 0.934 bits per heavy atom. The first-order chi connectivity index (χ1) is 44.6. The molecule has 0 amide bonds. The molecular formula is C82H141NO8. The van der Waals surface area contributed by atoms with Gasteiger partial charge in [0, 0.05) is 12.8 Å². The Bertz CT molecular complexity index is 1910. The number of rotatable bonds is 69. The molecule has 2 atom stereocenters. The summed E-state index contributed by atoms with van der Waals surface area (Å²) in [7, 11) is 5.93. The third kappa shape index (κ3) is 73.0. The average Bonchev–Trinajstić information content (AvgIpc) is 3.53. The molecule has 0 heterocycles. The molecule has 0 aliphatic heterocycles. The highest BCUT2D eigenvalue weighted by atomic mass is 16.7. The number of allylic oxidation sites excluding steroid dienone is 20. The van der Waals surface area contributed by atoms with E-state index in [0.717, 1.165) is 89.9 Å². The molecule has 0 radical (unpaired) electrons. The van der Waals surface area contributed by atoms with Gasteiger partial charge in [0.2, 0.25) is 0 Å². The molecule has 0 saturated heterocycles. The second-order valence-corrected chi connectivity index (χ2v) is 26.2. The zero-order valence-corrected chi connectivity index (χ0v) is 59.7. The van der Waals surface area contributed by atoms with Gasteiger partial charge in [-0.2, -0.15) is 0 Å². The van der Waals surface area contributed by atoms with Gasteiger partial charge in [-0.3, -0.25) is 9.59 Å². The van der Waals surface area contributed by atoms with Crippen LogP contribution in [0.3, 0.4) is 0 Å². The van der Waals surface area contributed by atoms with Crippen molar-refractivity contribution in [3.8, 4) is 0 Å². The van der Waals surface area contributed by atoms with Crippen LogP contribution in [-0.4, -0.2) is 82.3 Å². The van der Waals surface area contributed by atoms with Gasteiger partial charge in [-0.1, -0.05) is 322 Å². The summed E-state index contributed by atoms with van der Waals surface area (Å²) >= 11 is 0. The van der Waals surface area contributed by atoms with Crippen LogP contribution >= 0.6 is 0 Å². The second-order valence-electron chi connectivity index (χ2n) is 26.2. The fraction of sp³-hybridized carbons (Fsp3) is 0.720. The van der Waals surface area contributed by atoms with Crippen LogP contribution < -0.4 is 5.11 Å². The molecule has 0 spiro atoms. The zero-order valence-electron chi connectivity index (χ0n) is 59.7. The fourth-order valence-electron chi connectivity index (χ4n) is 10.5. The second kappa shape index (κ2) is 71.5. The number of carboxylic acid groups (broad SMARTS) is 1. The molecule has 0 N–H and O–H groups in total. The number of hydrogen-bond donors (Lipinski definition) is 0. The highest BCUT2D eigenvalue weighted by molar-refractivity contribution is 5.70. The maximum Gasteiger partial charge on any atom is 0.306 e. The van der Waals surface area contributed by atoms with Crippen molar-refractivity contribution in [3.63, 3.8) is 0 Å². The van der Waals surface area contributed by atoms with E-state index in [1.54, 1.807) is 0 Å². The summed E-state index contributed by atoms with van der Waals surface area (Å²) in [6, 6.07) is 0. The number of nitrogens with zero attached hydrogens (tertiary/aromatic N) is 1. The molecule has 0 aromatic carbocycles. The number of unbranched alkanes of at least 4 members (excludes halogenated alkanes) is 34. The fourth-order valence-corrected chi connectivity index (χ4v) is 10.5. The lowest BCUT2D eigenvalue weighted by atomic mass is 10.0. The first kappa shape index (κ1) is 86.7. The maximum atomic E-state index is 13.0. The Labute approximate surface area is 561 Å². The average molecular weight is 1270 g/mol. The Balaban J connectivity index is 4.04. The molecule has 522 valence electrons. The minimum atomic E-state index is -1.63. The van der Waals surface area contributed by atoms with E-state index in [4.69, 9.17) is 18.9 Å². The lowest BCUT2D eigenvalue weighted by molar-refractivity contribution is -0.870. The maximum absolute atomic E-state index is 13.0. The van der Waals surface area contributed by atoms with Gasteiger partial charge in [-0.25, -0.2) is 0 Å². The van der Waals surface area contributed by atoms with Gasteiger partial charge < -0.3 is 33.3 Å². The van der Waals surface area contributed by atoms with E-state index in [2.05, 4.69) is 135 Å². The van der Waals surface area contributed by atoms with Crippen LogP contribution in [0.1, 0.15) is 322 Å². The van der Waals surface area contributed by atoms with E-state index in [9.17, 15) is 19.5 Å². The summed E-state index contributed by atoms with van der Waals surface area (Å²) < 4.78 is 22.8. The number of carboxylic acids is 1. The van der Waals surface area contributed by atoms with Crippen LogP contribution in [0.2, 0.25) is 0 Å². The van der Waals surface area contributed by atoms with Gasteiger partial charge in [-0.05, 0) is 109 Å². The van der Waals surface area contributed by atoms with Gasteiger partial charge in [-0.15, -0.1) is 0 Å².